The maximum Gasteiger partial charge on any atom is 0.320 e. The van der Waals surface area contributed by atoms with Crippen LogP contribution in [-0.2, 0) is 11.2 Å². The van der Waals surface area contributed by atoms with E-state index in [1.54, 1.807) is 37.3 Å². The average molecular weight is 400 g/mol. The summed E-state index contributed by atoms with van der Waals surface area (Å²) in [5.74, 6) is 0.718. The molecule has 2 aliphatic rings. The monoisotopic (exact) mass is 400 g/mol. The van der Waals surface area contributed by atoms with E-state index in [1.165, 1.54) is 12.1 Å². The summed E-state index contributed by atoms with van der Waals surface area (Å²) in [6.45, 7) is 1.75. The molecule has 8 heteroatoms. The maximum absolute atomic E-state index is 13.9. The number of urea groups is 1. The minimum absolute atomic E-state index is 0.0688. The van der Waals surface area contributed by atoms with Crippen LogP contribution in [-0.4, -0.2) is 65.5 Å². The number of benzene rings is 1. The Balaban J connectivity index is 1.51. The zero-order chi connectivity index (χ0) is 20.5. The van der Waals surface area contributed by atoms with Crippen molar-refractivity contribution in [2.45, 2.75) is 18.9 Å². The molecule has 0 aliphatic carbocycles. The van der Waals surface area contributed by atoms with E-state index in [2.05, 4.69) is 5.16 Å². The number of carbonyl (C=O) groups is 2. The third-order valence-corrected chi connectivity index (χ3v) is 5.91. The van der Waals surface area contributed by atoms with Gasteiger partial charge in [-0.25, -0.2) is 9.18 Å². The molecule has 1 aromatic heterocycles. The molecule has 0 saturated carbocycles. The number of nitrogens with zero attached hydrogens (tertiary/aromatic N) is 4. The highest BCUT2D eigenvalue weighted by atomic mass is 19.1. The third kappa shape index (κ3) is 3.83. The summed E-state index contributed by atoms with van der Waals surface area (Å²) < 4.78 is 19.0. The second-order valence-corrected chi connectivity index (χ2v) is 8.03. The molecule has 29 heavy (non-hydrogen) atoms. The minimum atomic E-state index is -0.318. The van der Waals surface area contributed by atoms with Gasteiger partial charge in [0.2, 0.25) is 5.91 Å². The van der Waals surface area contributed by atoms with Crippen molar-refractivity contribution >= 4 is 11.9 Å². The summed E-state index contributed by atoms with van der Waals surface area (Å²) in [5, 5.41) is 3.66. The first-order valence-corrected chi connectivity index (χ1v) is 9.84. The SMILES string of the molecule is CN(C)C(=O)N1C[C@H]2CN(C(=O)CCc3ccno3)C[C@H]2[C@H]1c1cccc(F)c1. The summed E-state index contributed by atoms with van der Waals surface area (Å²) in [6.07, 6.45) is 2.45. The molecule has 154 valence electrons. The van der Waals surface area contributed by atoms with Crippen LogP contribution in [0.15, 0.2) is 41.1 Å². The molecular formula is C21H25FN4O3. The van der Waals surface area contributed by atoms with Crippen LogP contribution in [0.25, 0.3) is 0 Å². The molecule has 2 saturated heterocycles. The van der Waals surface area contributed by atoms with E-state index >= 15 is 0 Å². The standard InChI is InChI=1S/C21H25FN4O3/c1-24(2)21(28)26-12-15-11-25(19(27)7-6-17-8-9-23-29-17)13-18(15)20(26)14-4-3-5-16(22)10-14/h3-5,8-10,15,18,20H,6-7,11-13H2,1-2H3/t15-,18-,20-/m1/s1. The van der Waals surface area contributed by atoms with Crippen molar-refractivity contribution in [3.63, 3.8) is 0 Å². The number of aromatic nitrogens is 1. The van der Waals surface area contributed by atoms with Crippen LogP contribution in [0.4, 0.5) is 9.18 Å². The second kappa shape index (κ2) is 7.85. The van der Waals surface area contributed by atoms with E-state index in [0.29, 0.717) is 38.2 Å². The van der Waals surface area contributed by atoms with Crippen molar-refractivity contribution in [3.8, 4) is 0 Å². The van der Waals surface area contributed by atoms with Crippen molar-refractivity contribution < 1.29 is 18.5 Å². The Labute approximate surface area is 169 Å². The summed E-state index contributed by atoms with van der Waals surface area (Å²) in [4.78, 5) is 30.7. The third-order valence-electron chi connectivity index (χ3n) is 5.91. The quantitative estimate of drug-likeness (QED) is 0.791. The molecule has 3 atom stereocenters. The van der Waals surface area contributed by atoms with Crippen molar-refractivity contribution in [1.82, 2.24) is 19.9 Å². The Kier molecular flexibility index (Phi) is 5.25. The van der Waals surface area contributed by atoms with E-state index < -0.39 is 0 Å². The Morgan fingerprint density at radius 3 is 2.76 bits per heavy atom. The van der Waals surface area contributed by atoms with E-state index in [1.807, 2.05) is 15.9 Å². The Hall–Kier alpha value is -2.90. The number of rotatable bonds is 4. The number of carbonyl (C=O) groups excluding carboxylic acids is 2. The van der Waals surface area contributed by atoms with Gasteiger partial charge in [-0.15, -0.1) is 0 Å². The van der Waals surface area contributed by atoms with Gasteiger partial charge < -0.3 is 19.2 Å². The normalized spacial score (nSPS) is 23.3. The molecule has 2 fully saturated rings. The van der Waals surface area contributed by atoms with Gasteiger partial charge in [-0.2, -0.15) is 0 Å². The van der Waals surface area contributed by atoms with Crippen LogP contribution < -0.4 is 0 Å². The molecule has 0 spiro atoms. The fraction of sp³-hybridized carbons (Fsp3) is 0.476. The van der Waals surface area contributed by atoms with E-state index in [0.717, 1.165) is 5.56 Å². The van der Waals surface area contributed by atoms with Gasteiger partial charge in [0.25, 0.3) is 0 Å². The lowest BCUT2D eigenvalue weighted by Crippen LogP contribution is -2.42. The lowest BCUT2D eigenvalue weighted by Gasteiger charge is -2.32. The lowest BCUT2D eigenvalue weighted by atomic mass is 9.89. The van der Waals surface area contributed by atoms with Gasteiger partial charge in [0.05, 0.1) is 12.2 Å². The molecule has 4 rings (SSSR count). The number of amides is 3. The molecule has 3 amide bonds. The number of aryl methyl sites for hydroxylation is 1. The number of halogens is 1. The van der Waals surface area contributed by atoms with Crippen LogP contribution in [0.1, 0.15) is 23.8 Å². The molecule has 3 heterocycles. The topological polar surface area (TPSA) is 69.9 Å². The molecule has 0 N–H and O–H groups in total. The van der Waals surface area contributed by atoms with E-state index in [9.17, 15) is 14.0 Å². The van der Waals surface area contributed by atoms with Gasteiger partial charge in [-0.1, -0.05) is 17.3 Å². The summed E-state index contributed by atoms with van der Waals surface area (Å²) in [7, 11) is 3.44. The van der Waals surface area contributed by atoms with Crippen LogP contribution in [0.5, 0.6) is 0 Å². The summed E-state index contributed by atoms with van der Waals surface area (Å²) in [6, 6.07) is 7.87. The Bertz CT molecular complexity index is 886. The smallest absolute Gasteiger partial charge is 0.320 e. The second-order valence-electron chi connectivity index (χ2n) is 8.03. The molecular weight excluding hydrogens is 375 g/mol. The van der Waals surface area contributed by atoms with Gasteiger partial charge in [-0.3, -0.25) is 4.79 Å². The number of fused-ring (bicyclic) bond motifs is 1. The van der Waals surface area contributed by atoms with E-state index in [-0.39, 0.29) is 35.6 Å². The molecule has 0 unspecified atom stereocenters. The molecule has 2 aromatic rings. The van der Waals surface area contributed by atoms with Crippen LogP contribution in [0.2, 0.25) is 0 Å². The van der Waals surface area contributed by atoms with E-state index in [4.69, 9.17) is 4.52 Å². The van der Waals surface area contributed by atoms with Crippen molar-refractivity contribution in [2.24, 2.45) is 11.8 Å². The molecule has 0 radical (unpaired) electrons. The first kappa shape index (κ1) is 19.4. The minimum Gasteiger partial charge on any atom is -0.361 e. The fourth-order valence-corrected chi connectivity index (χ4v) is 4.58. The molecule has 0 bridgehead atoms. The predicted molar refractivity (Wildman–Crippen MR) is 103 cm³/mol. The number of likely N-dealkylation sites (tertiary alicyclic amines) is 2. The molecule has 2 aliphatic heterocycles. The Morgan fingerprint density at radius 1 is 1.24 bits per heavy atom. The van der Waals surface area contributed by atoms with Crippen molar-refractivity contribution in [1.29, 1.82) is 0 Å². The van der Waals surface area contributed by atoms with Crippen molar-refractivity contribution in [3.05, 3.63) is 53.7 Å². The highest BCUT2D eigenvalue weighted by Gasteiger charge is 2.50. The van der Waals surface area contributed by atoms with Crippen LogP contribution >= 0.6 is 0 Å². The highest BCUT2D eigenvalue weighted by molar-refractivity contribution is 5.77. The maximum atomic E-state index is 13.9. The van der Waals surface area contributed by atoms with Gasteiger partial charge in [0.15, 0.2) is 0 Å². The van der Waals surface area contributed by atoms with Gasteiger partial charge in [0.1, 0.15) is 11.6 Å². The number of hydrogen-bond donors (Lipinski definition) is 0. The Morgan fingerprint density at radius 2 is 2.07 bits per heavy atom. The van der Waals surface area contributed by atoms with Gasteiger partial charge >= 0.3 is 6.03 Å². The number of hydrogen-bond acceptors (Lipinski definition) is 4. The summed E-state index contributed by atoms with van der Waals surface area (Å²) >= 11 is 0. The first-order chi connectivity index (χ1) is 13.9. The molecule has 1 aromatic carbocycles. The predicted octanol–water partition coefficient (Wildman–Crippen LogP) is 2.56. The highest BCUT2D eigenvalue weighted by Crippen LogP contribution is 2.45. The first-order valence-electron chi connectivity index (χ1n) is 9.84. The zero-order valence-corrected chi connectivity index (χ0v) is 16.6. The summed E-state index contributed by atoms with van der Waals surface area (Å²) in [5.41, 5.74) is 0.781. The van der Waals surface area contributed by atoms with Crippen LogP contribution in [0, 0.1) is 17.7 Å². The van der Waals surface area contributed by atoms with Crippen LogP contribution in [0.3, 0.4) is 0 Å². The fourth-order valence-electron chi connectivity index (χ4n) is 4.58. The van der Waals surface area contributed by atoms with Gasteiger partial charge in [0, 0.05) is 64.5 Å². The van der Waals surface area contributed by atoms with Gasteiger partial charge in [-0.05, 0) is 17.7 Å². The lowest BCUT2D eigenvalue weighted by molar-refractivity contribution is -0.130. The largest absolute Gasteiger partial charge is 0.361 e. The van der Waals surface area contributed by atoms with Crippen molar-refractivity contribution in [2.75, 3.05) is 33.7 Å². The molecule has 7 nitrogen and oxygen atoms in total. The zero-order valence-electron chi connectivity index (χ0n) is 16.6. The average Bonchev–Trinajstić information content (AvgIpc) is 3.41.